The van der Waals surface area contributed by atoms with Crippen molar-refractivity contribution in [2.75, 3.05) is 0 Å². The van der Waals surface area contributed by atoms with Crippen molar-refractivity contribution in [1.82, 2.24) is 15.5 Å². The molecule has 51 heavy (non-hydrogen) atoms. The Balaban J connectivity index is 2.18. The van der Waals surface area contributed by atoms with Crippen molar-refractivity contribution in [3.05, 3.63) is 107 Å². The molecule has 0 saturated heterocycles. The summed E-state index contributed by atoms with van der Waals surface area (Å²) >= 11 is 0. The molecule has 3 aromatic rings. The number of benzene rings is 3. The summed E-state index contributed by atoms with van der Waals surface area (Å²) in [5, 5.41) is 5.81. The van der Waals surface area contributed by atoms with Crippen LogP contribution in [-0.4, -0.2) is 57.6 Å². The molecule has 0 aliphatic rings. The molecule has 276 valence electrons. The molecule has 3 rings (SSSR count). The third-order valence-corrected chi connectivity index (χ3v) is 8.53. The van der Waals surface area contributed by atoms with E-state index in [2.05, 4.69) is 10.6 Å². The van der Waals surface area contributed by atoms with E-state index < -0.39 is 58.7 Å². The lowest BCUT2D eigenvalue weighted by Gasteiger charge is -2.45. The number of aryl methyl sites for hydroxylation is 1. The van der Waals surface area contributed by atoms with E-state index in [0.717, 1.165) is 23.1 Å². The summed E-state index contributed by atoms with van der Waals surface area (Å²) in [5.74, 6) is -1.59. The first-order valence-corrected chi connectivity index (χ1v) is 17.9. The van der Waals surface area contributed by atoms with Crippen molar-refractivity contribution in [2.24, 2.45) is 0 Å². The van der Waals surface area contributed by atoms with E-state index >= 15 is 4.79 Å². The summed E-state index contributed by atoms with van der Waals surface area (Å²) in [6.07, 6.45) is 0.876. The zero-order valence-electron chi connectivity index (χ0n) is 32.0. The number of carbonyl (C=O) groups excluding carboxylic acids is 4. The van der Waals surface area contributed by atoms with Crippen molar-refractivity contribution >= 4 is 23.9 Å². The van der Waals surface area contributed by atoms with E-state index in [-0.39, 0.29) is 12.8 Å². The second-order valence-electron chi connectivity index (χ2n) is 15.5. The second-order valence-corrected chi connectivity index (χ2v) is 15.5. The lowest BCUT2D eigenvalue weighted by Crippen LogP contribution is -2.60. The highest BCUT2D eigenvalue weighted by Gasteiger charge is 2.44. The molecule has 0 spiro atoms. The molecule has 0 aliphatic heterocycles. The average Bonchev–Trinajstić information content (AvgIpc) is 3.05. The predicted molar refractivity (Wildman–Crippen MR) is 201 cm³/mol. The van der Waals surface area contributed by atoms with Gasteiger partial charge < -0.3 is 25.0 Å². The van der Waals surface area contributed by atoms with E-state index in [1.165, 1.54) is 0 Å². The molecule has 3 atom stereocenters. The fourth-order valence-corrected chi connectivity index (χ4v) is 5.63. The van der Waals surface area contributed by atoms with Gasteiger partial charge in [0.05, 0.1) is 0 Å². The molecular weight excluding hydrogens is 642 g/mol. The summed E-state index contributed by atoms with van der Waals surface area (Å²) in [7, 11) is 0. The molecule has 2 N–H and O–H groups in total. The van der Waals surface area contributed by atoms with Crippen LogP contribution >= 0.6 is 0 Å². The molecule has 0 bridgehead atoms. The molecule has 0 saturated carbocycles. The Morgan fingerprint density at radius 2 is 1.12 bits per heavy atom. The number of hydrogen-bond acceptors (Lipinski definition) is 6. The van der Waals surface area contributed by atoms with Gasteiger partial charge in [-0.05, 0) is 90.5 Å². The SMILES string of the molecule is CCc1ccc(C(C(=O)NC(Cc2ccccc2)C(=O)OC(C)(C)C)N(C(=O)C(Cc2ccccc2)NC(=O)OC(C)(C)C)C(C)(C)CC)cc1. The number of amides is 3. The molecule has 3 aromatic carbocycles. The van der Waals surface area contributed by atoms with Crippen LogP contribution < -0.4 is 10.6 Å². The highest BCUT2D eigenvalue weighted by molar-refractivity contribution is 5.94. The number of nitrogens with zero attached hydrogens (tertiary/aromatic N) is 1. The van der Waals surface area contributed by atoms with Crippen LogP contribution in [0.1, 0.15) is 104 Å². The van der Waals surface area contributed by atoms with Crippen LogP contribution in [0.15, 0.2) is 84.9 Å². The topological polar surface area (TPSA) is 114 Å². The Kier molecular flexibility index (Phi) is 14.0. The Morgan fingerprint density at radius 1 is 0.627 bits per heavy atom. The van der Waals surface area contributed by atoms with Gasteiger partial charge in [0.15, 0.2) is 0 Å². The van der Waals surface area contributed by atoms with Gasteiger partial charge in [-0.25, -0.2) is 9.59 Å². The second kappa shape index (κ2) is 17.5. The zero-order chi connectivity index (χ0) is 38.0. The number of nitrogens with one attached hydrogen (secondary N) is 2. The van der Waals surface area contributed by atoms with Gasteiger partial charge >= 0.3 is 12.1 Å². The Labute approximate surface area is 304 Å². The zero-order valence-corrected chi connectivity index (χ0v) is 32.0. The molecule has 0 radical (unpaired) electrons. The number of alkyl carbamates (subject to hydrolysis) is 1. The van der Waals surface area contributed by atoms with Gasteiger partial charge in [0.1, 0.15) is 29.3 Å². The maximum Gasteiger partial charge on any atom is 0.408 e. The molecule has 3 amide bonds. The molecule has 0 aromatic heterocycles. The minimum absolute atomic E-state index is 0.160. The smallest absolute Gasteiger partial charge is 0.408 e. The van der Waals surface area contributed by atoms with E-state index in [9.17, 15) is 14.4 Å². The van der Waals surface area contributed by atoms with Crippen molar-refractivity contribution in [3.63, 3.8) is 0 Å². The Bertz CT molecular complexity index is 1590. The van der Waals surface area contributed by atoms with E-state index in [1.807, 2.05) is 113 Å². The highest BCUT2D eigenvalue weighted by atomic mass is 16.6. The molecule has 0 fully saturated rings. The van der Waals surface area contributed by atoms with Gasteiger partial charge in [0, 0.05) is 18.4 Å². The molecule has 0 aliphatic carbocycles. The standard InChI is InChI=1S/C42H57N3O6/c1-11-29-23-25-32(26-24-29)35(36(46)43-34(38(48)50-40(3,4)5)28-31-21-17-14-18-22-31)45(42(9,10)12-2)37(47)33(27-30-19-15-13-16-20-30)44-39(49)51-41(6,7)8/h13-26,33-35H,11-12,27-28H2,1-10H3,(H,43,46)(H,44,49). The largest absolute Gasteiger partial charge is 0.458 e. The van der Waals surface area contributed by atoms with Crippen molar-refractivity contribution in [3.8, 4) is 0 Å². The molecular formula is C42H57N3O6. The van der Waals surface area contributed by atoms with Crippen LogP contribution in [0.25, 0.3) is 0 Å². The third-order valence-electron chi connectivity index (χ3n) is 8.53. The molecule has 9 heteroatoms. The van der Waals surface area contributed by atoms with Gasteiger partial charge in [-0.15, -0.1) is 0 Å². The normalized spacial score (nSPS) is 13.7. The molecule has 0 heterocycles. The first-order chi connectivity index (χ1) is 23.8. The predicted octanol–water partition coefficient (Wildman–Crippen LogP) is 7.51. The summed E-state index contributed by atoms with van der Waals surface area (Å²) in [5.41, 5.74) is 0.814. The van der Waals surface area contributed by atoms with Gasteiger partial charge in [-0.1, -0.05) is 98.8 Å². The van der Waals surface area contributed by atoms with Gasteiger partial charge in [0.2, 0.25) is 11.8 Å². The van der Waals surface area contributed by atoms with Crippen LogP contribution in [0, 0.1) is 0 Å². The minimum Gasteiger partial charge on any atom is -0.458 e. The summed E-state index contributed by atoms with van der Waals surface area (Å²) < 4.78 is 11.4. The first-order valence-electron chi connectivity index (χ1n) is 17.9. The minimum atomic E-state index is -1.17. The van der Waals surface area contributed by atoms with E-state index in [1.54, 1.807) is 46.4 Å². The maximum absolute atomic E-state index is 15.1. The van der Waals surface area contributed by atoms with Crippen molar-refractivity contribution < 1.29 is 28.7 Å². The fraction of sp³-hybridized carbons (Fsp3) is 0.476. The monoisotopic (exact) mass is 699 g/mol. The van der Waals surface area contributed by atoms with Gasteiger partial charge in [0.25, 0.3) is 0 Å². The molecule has 3 unspecified atom stereocenters. The number of ether oxygens (including phenoxy) is 2. The van der Waals surface area contributed by atoms with E-state index in [4.69, 9.17) is 9.47 Å². The van der Waals surface area contributed by atoms with Crippen LogP contribution in [0.2, 0.25) is 0 Å². The summed E-state index contributed by atoms with van der Waals surface area (Å²) in [6.45, 7) is 18.4. The summed E-state index contributed by atoms with van der Waals surface area (Å²) in [6, 6.07) is 23.1. The van der Waals surface area contributed by atoms with E-state index in [0.29, 0.717) is 12.0 Å². The van der Waals surface area contributed by atoms with Gasteiger partial charge in [-0.3, -0.25) is 9.59 Å². The first kappa shape index (κ1) is 40.8. The fourth-order valence-electron chi connectivity index (χ4n) is 5.63. The third kappa shape index (κ3) is 12.6. The number of rotatable bonds is 14. The quantitative estimate of drug-likeness (QED) is 0.168. The number of esters is 1. The van der Waals surface area contributed by atoms with Crippen LogP contribution in [0.5, 0.6) is 0 Å². The van der Waals surface area contributed by atoms with Crippen LogP contribution in [-0.2, 0) is 43.1 Å². The summed E-state index contributed by atoms with van der Waals surface area (Å²) in [4.78, 5) is 58.4. The number of carbonyl (C=O) groups is 4. The van der Waals surface area contributed by atoms with Crippen LogP contribution in [0.4, 0.5) is 4.79 Å². The molecule has 9 nitrogen and oxygen atoms in total. The average molecular weight is 700 g/mol. The van der Waals surface area contributed by atoms with Crippen molar-refractivity contribution in [2.45, 2.75) is 130 Å². The highest BCUT2D eigenvalue weighted by Crippen LogP contribution is 2.33. The van der Waals surface area contributed by atoms with Gasteiger partial charge in [-0.2, -0.15) is 0 Å². The Hall–Kier alpha value is -4.66. The van der Waals surface area contributed by atoms with Crippen molar-refractivity contribution in [1.29, 1.82) is 0 Å². The lowest BCUT2D eigenvalue weighted by atomic mass is 9.90. The number of hydrogen-bond donors (Lipinski definition) is 2. The van der Waals surface area contributed by atoms with Crippen LogP contribution in [0.3, 0.4) is 0 Å². The lowest BCUT2D eigenvalue weighted by molar-refractivity contribution is -0.159. The maximum atomic E-state index is 15.1. The Morgan fingerprint density at radius 3 is 1.57 bits per heavy atom.